The van der Waals surface area contributed by atoms with Gasteiger partial charge in [-0.3, -0.25) is 0 Å². The van der Waals surface area contributed by atoms with E-state index in [4.69, 9.17) is 31.2 Å². The number of thiocarbonyl (C=S) groups is 1. The van der Waals surface area contributed by atoms with Gasteiger partial charge in [0.05, 0.1) is 25.3 Å². The standard InChI is InChI=1S/C26H30N4O3S/c1-5-7-16-30-17(3)22(23(27-26(30)34)18-8-12-20(31-4)13-9-18)25-28-24(29-33-25)19-10-14-21(15-11-19)32-6-2/h8-15,23H,5-7,16H2,1-4H3,(H,27,34). The van der Waals surface area contributed by atoms with Gasteiger partial charge in [0.2, 0.25) is 5.82 Å². The molecule has 1 N–H and O–H groups in total. The minimum absolute atomic E-state index is 0.218. The molecule has 1 aliphatic heterocycles. The minimum atomic E-state index is -0.218. The van der Waals surface area contributed by atoms with E-state index in [0.717, 1.165) is 53.3 Å². The fraction of sp³-hybridized carbons (Fsp3) is 0.346. The molecule has 178 valence electrons. The number of aromatic nitrogens is 2. The number of ether oxygens (including phenoxy) is 2. The topological polar surface area (TPSA) is 72.7 Å². The molecule has 8 heteroatoms. The molecule has 0 aliphatic carbocycles. The van der Waals surface area contributed by atoms with Crippen molar-refractivity contribution in [1.29, 1.82) is 0 Å². The lowest BCUT2D eigenvalue weighted by Crippen LogP contribution is -2.46. The summed E-state index contributed by atoms with van der Waals surface area (Å²) >= 11 is 5.74. The third-order valence-electron chi connectivity index (χ3n) is 5.86. The number of rotatable bonds is 9. The van der Waals surface area contributed by atoms with Gasteiger partial charge in [-0.05, 0) is 74.4 Å². The first-order valence-electron chi connectivity index (χ1n) is 11.6. The van der Waals surface area contributed by atoms with Crippen molar-refractivity contribution >= 4 is 22.9 Å². The largest absolute Gasteiger partial charge is 0.497 e. The van der Waals surface area contributed by atoms with E-state index in [2.05, 4.69) is 29.2 Å². The number of benzene rings is 2. The lowest BCUT2D eigenvalue weighted by Gasteiger charge is -2.37. The van der Waals surface area contributed by atoms with E-state index in [0.29, 0.717) is 23.4 Å². The molecule has 4 rings (SSSR count). The molecule has 0 amide bonds. The van der Waals surface area contributed by atoms with Crippen molar-refractivity contribution in [2.75, 3.05) is 20.3 Å². The number of hydrogen-bond donors (Lipinski definition) is 1. The Kier molecular flexibility index (Phi) is 7.47. The summed E-state index contributed by atoms with van der Waals surface area (Å²) in [6, 6.07) is 15.4. The summed E-state index contributed by atoms with van der Waals surface area (Å²) in [6.07, 6.45) is 2.10. The molecule has 7 nitrogen and oxygen atoms in total. The summed E-state index contributed by atoms with van der Waals surface area (Å²) in [5, 5.41) is 8.46. The molecule has 0 radical (unpaired) electrons. The first-order chi connectivity index (χ1) is 16.5. The van der Waals surface area contributed by atoms with E-state index >= 15 is 0 Å². The number of nitrogens with one attached hydrogen (secondary N) is 1. The number of methoxy groups -OCH3 is 1. The zero-order valence-electron chi connectivity index (χ0n) is 20.0. The van der Waals surface area contributed by atoms with Crippen LogP contribution in [-0.4, -0.2) is 40.4 Å². The number of unbranched alkanes of at least 4 members (excludes halogenated alkanes) is 1. The van der Waals surface area contributed by atoms with Gasteiger partial charge in [0.25, 0.3) is 5.89 Å². The second kappa shape index (κ2) is 10.7. The summed E-state index contributed by atoms with van der Waals surface area (Å²) in [7, 11) is 1.66. The predicted molar refractivity (Wildman–Crippen MR) is 137 cm³/mol. The Morgan fingerprint density at radius 1 is 1.06 bits per heavy atom. The summed E-state index contributed by atoms with van der Waals surface area (Å²) in [5.74, 6) is 2.60. The predicted octanol–water partition coefficient (Wildman–Crippen LogP) is 5.61. The molecule has 0 fully saturated rings. The van der Waals surface area contributed by atoms with Crippen molar-refractivity contribution in [2.24, 2.45) is 0 Å². The van der Waals surface area contributed by atoms with Crippen molar-refractivity contribution < 1.29 is 14.0 Å². The Bertz CT molecular complexity index is 1160. The van der Waals surface area contributed by atoms with Crippen LogP contribution in [0.3, 0.4) is 0 Å². The van der Waals surface area contributed by atoms with Crippen molar-refractivity contribution in [3.8, 4) is 22.9 Å². The second-order valence-corrected chi connectivity index (χ2v) is 8.43. The van der Waals surface area contributed by atoms with Crippen LogP contribution in [0.15, 0.2) is 58.8 Å². The van der Waals surface area contributed by atoms with Crippen LogP contribution in [-0.2, 0) is 0 Å². The quantitative estimate of drug-likeness (QED) is 0.398. The highest BCUT2D eigenvalue weighted by atomic mass is 32.1. The van der Waals surface area contributed by atoms with Gasteiger partial charge < -0.3 is 24.2 Å². The van der Waals surface area contributed by atoms with E-state index in [1.165, 1.54) is 0 Å². The van der Waals surface area contributed by atoms with E-state index < -0.39 is 0 Å². The molecule has 34 heavy (non-hydrogen) atoms. The zero-order valence-corrected chi connectivity index (χ0v) is 20.8. The lowest BCUT2D eigenvalue weighted by molar-refractivity contribution is 0.340. The maximum Gasteiger partial charge on any atom is 0.258 e. The monoisotopic (exact) mass is 478 g/mol. The van der Waals surface area contributed by atoms with Gasteiger partial charge in [0, 0.05) is 17.8 Å². The van der Waals surface area contributed by atoms with E-state index in [-0.39, 0.29) is 6.04 Å². The summed E-state index contributed by atoms with van der Waals surface area (Å²) in [4.78, 5) is 6.89. The van der Waals surface area contributed by atoms with Gasteiger partial charge in [-0.15, -0.1) is 0 Å². The van der Waals surface area contributed by atoms with Gasteiger partial charge in [0.15, 0.2) is 5.11 Å². The molecular formula is C26H30N4O3S. The Morgan fingerprint density at radius 2 is 1.76 bits per heavy atom. The first kappa shape index (κ1) is 23.8. The van der Waals surface area contributed by atoms with Gasteiger partial charge in [0.1, 0.15) is 11.5 Å². The fourth-order valence-corrected chi connectivity index (χ4v) is 4.35. The molecule has 0 bridgehead atoms. The molecule has 2 aromatic carbocycles. The highest BCUT2D eigenvalue weighted by molar-refractivity contribution is 7.80. The third kappa shape index (κ3) is 4.92. The van der Waals surface area contributed by atoms with Crippen molar-refractivity contribution in [3.05, 3.63) is 65.7 Å². The third-order valence-corrected chi connectivity index (χ3v) is 6.20. The molecule has 2 heterocycles. The summed E-state index contributed by atoms with van der Waals surface area (Å²) in [5.41, 5.74) is 3.83. The molecular weight excluding hydrogens is 448 g/mol. The number of allylic oxidation sites excluding steroid dienone is 1. The average Bonchev–Trinajstić information content (AvgIpc) is 3.34. The van der Waals surface area contributed by atoms with Gasteiger partial charge in [-0.2, -0.15) is 4.98 Å². The Hall–Kier alpha value is -3.39. The van der Waals surface area contributed by atoms with Crippen LogP contribution in [0.5, 0.6) is 11.5 Å². The smallest absolute Gasteiger partial charge is 0.258 e. The van der Waals surface area contributed by atoms with Gasteiger partial charge in [-0.25, -0.2) is 0 Å². The van der Waals surface area contributed by atoms with Crippen LogP contribution in [0.2, 0.25) is 0 Å². The molecule has 1 atom stereocenters. The van der Waals surface area contributed by atoms with E-state index in [1.807, 2.05) is 55.5 Å². The summed E-state index contributed by atoms with van der Waals surface area (Å²) in [6.45, 7) is 7.64. The Morgan fingerprint density at radius 3 is 2.41 bits per heavy atom. The normalized spacial score (nSPS) is 15.9. The fourth-order valence-electron chi connectivity index (χ4n) is 4.01. The molecule has 0 spiro atoms. The van der Waals surface area contributed by atoms with Crippen molar-refractivity contribution in [3.63, 3.8) is 0 Å². The Balaban J connectivity index is 1.73. The van der Waals surface area contributed by atoms with Crippen molar-refractivity contribution in [1.82, 2.24) is 20.4 Å². The van der Waals surface area contributed by atoms with Crippen LogP contribution < -0.4 is 14.8 Å². The molecule has 3 aromatic rings. The minimum Gasteiger partial charge on any atom is -0.497 e. The van der Waals surface area contributed by atoms with Gasteiger partial charge in [-0.1, -0.05) is 30.6 Å². The summed E-state index contributed by atoms with van der Waals surface area (Å²) < 4.78 is 16.7. The molecule has 1 unspecified atom stereocenters. The molecule has 0 saturated heterocycles. The number of hydrogen-bond acceptors (Lipinski definition) is 6. The van der Waals surface area contributed by atoms with Crippen LogP contribution >= 0.6 is 12.2 Å². The maximum absolute atomic E-state index is 5.81. The van der Waals surface area contributed by atoms with Crippen LogP contribution in [0.25, 0.3) is 17.0 Å². The van der Waals surface area contributed by atoms with Crippen LogP contribution in [0.4, 0.5) is 0 Å². The highest BCUT2D eigenvalue weighted by Gasteiger charge is 2.33. The number of nitrogens with zero attached hydrogens (tertiary/aromatic N) is 3. The second-order valence-electron chi connectivity index (χ2n) is 8.04. The Labute approximate surface area is 205 Å². The average molecular weight is 479 g/mol. The zero-order chi connectivity index (χ0) is 24.1. The first-order valence-corrected chi connectivity index (χ1v) is 12.0. The highest BCUT2D eigenvalue weighted by Crippen LogP contribution is 2.38. The molecule has 1 aromatic heterocycles. The van der Waals surface area contributed by atoms with Crippen LogP contribution in [0.1, 0.15) is 51.1 Å². The maximum atomic E-state index is 5.81. The molecule has 1 aliphatic rings. The molecule has 0 saturated carbocycles. The SMILES string of the molecule is CCCCN1C(=S)NC(c2ccc(OC)cc2)C(c2nc(-c3ccc(OCC)cc3)no2)=C1C. The van der Waals surface area contributed by atoms with E-state index in [1.54, 1.807) is 7.11 Å². The van der Waals surface area contributed by atoms with Gasteiger partial charge >= 0.3 is 0 Å². The van der Waals surface area contributed by atoms with Crippen LogP contribution in [0, 0.1) is 0 Å². The lowest BCUT2D eigenvalue weighted by atomic mass is 9.94. The van der Waals surface area contributed by atoms with Crippen molar-refractivity contribution in [2.45, 2.75) is 39.7 Å². The van der Waals surface area contributed by atoms with E-state index in [9.17, 15) is 0 Å².